The van der Waals surface area contributed by atoms with E-state index in [9.17, 15) is 4.79 Å². The highest BCUT2D eigenvalue weighted by atomic mass is 16.5. The summed E-state index contributed by atoms with van der Waals surface area (Å²) in [6, 6.07) is 26.9. The largest absolute Gasteiger partial charge is 0.468 e. The number of aromatic nitrogens is 1. The quantitative estimate of drug-likeness (QED) is 0.456. The molecule has 0 bridgehead atoms. The third-order valence-corrected chi connectivity index (χ3v) is 6.04. The Morgan fingerprint density at radius 1 is 0.967 bits per heavy atom. The number of ether oxygens (including phenoxy) is 1. The molecule has 30 heavy (non-hydrogen) atoms. The van der Waals surface area contributed by atoms with Crippen molar-refractivity contribution in [3.63, 3.8) is 0 Å². The molecule has 1 atom stereocenters. The second-order valence-electron chi connectivity index (χ2n) is 7.84. The Bertz CT molecular complexity index is 1230. The predicted octanol–water partition coefficient (Wildman–Crippen LogP) is 5.02. The molecule has 0 spiro atoms. The Balaban J connectivity index is 1.81. The van der Waals surface area contributed by atoms with Crippen molar-refractivity contribution in [2.24, 2.45) is 0 Å². The number of carbonyl (C=O) groups is 1. The fourth-order valence-corrected chi connectivity index (χ4v) is 4.72. The fourth-order valence-electron chi connectivity index (χ4n) is 4.72. The van der Waals surface area contributed by atoms with Crippen LogP contribution in [0.2, 0.25) is 0 Å². The molecule has 0 saturated heterocycles. The molecule has 0 aliphatic carbocycles. The molecule has 150 valence electrons. The first-order chi connectivity index (χ1) is 14.7. The number of nitrogens with zero attached hydrogens (tertiary/aromatic N) is 2. The minimum absolute atomic E-state index is 0.228. The number of likely N-dealkylation sites (N-methyl/N-ethyl adjacent to an activating group) is 1. The van der Waals surface area contributed by atoms with Crippen LogP contribution in [0.5, 0.6) is 0 Å². The molecule has 3 aromatic carbocycles. The lowest BCUT2D eigenvalue weighted by atomic mass is 9.97. The van der Waals surface area contributed by atoms with Gasteiger partial charge in [-0.3, -0.25) is 4.90 Å². The number of rotatable bonds is 3. The average molecular weight is 396 g/mol. The first-order valence-electron chi connectivity index (χ1n) is 10.2. The molecule has 1 aliphatic heterocycles. The van der Waals surface area contributed by atoms with E-state index in [0.717, 1.165) is 17.7 Å². The first kappa shape index (κ1) is 18.6. The van der Waals surface area contributed by atoms with Crippen molar-refractivity contribution in [2.45, 2.75) is 19.1 Å². The van der Waals surface area contributed by atoms with Gasteiger partial charge in [-0.05, 0) is 29.8 Å². The first-order valence-corrected chi connectivity index (χ1v) is 10.2. The molecule has 1 unspecified atom stereocenters. The lowest BCUT2D eigenvalue weighted by Gasteiger charge is -2.25. The summed E-state index contributed by atoms with van der Waals surface area (Å²) in [7, 11) is 3.46. The zero-order chi connectivity index (χ0) is 20.7. The molecule has 0 saturated carbocycles. The van der Waals surface area contributed by atoms with Crippen LogP contribution in [-0.4, -0.2) is 29.6 Å². The molecule has 1 aromatic heterocycles. The van der Waals surface area contributed by atoms with Crippen molar-refractivity contribution >= 4 is 16.9 Å². The van der Waals surface area contributed by atoms with Crippen LogP contribution in [0.15, 0.2) is 78.9 Å². The summed E-state index contributed by atoms with van der Waals surface area (Å²) in [4.78, 5) is 14.8. The Kier molecular flexibility index (Phi) is 4.64. The van der Waals surface area contributed by atoms with Gasteiger partial charge in [-0.2, -0.15) is 0 Å². The fraction of sp³-hybridized carbons (Fsp3) is 0.192. The lowest BCUT2D eigenvalue weighted by Crippen LogP contribution is -2.30. The van der Waals surface area contributed by atoms with Crippen LogP contribution in [0.1, 0.15) is 22.7 Å². The van der Waals surface area contributed by atoms with Crippen molar-refractivity contribution in [3.05, 3.63) is 95.6 Å². The summed E-state index contributed by atoms with van der Waals surface area (Å²) < 4.78 is 7.57. The monoisotopic (exact) mass is 396 g/mol. The Morgan fingerprint density at radius 2 is 1.67 bits per heavy atom. The van der Waals surface area contributed by atoms with Crippen LogP contribution < -0.4 is 0 Å². The molecule has 0 radical (unpaired) electrons. The standard InChI is InChI=1S/C26H24N2O2/c1-27-17-22-19-12-8-9-15-23(19)28(16-18-10-4-3-5-11-18)24(22)20-13-6-7-14-21(20)25(27)26(29)30-2/h3-15,25H,16-17H2,1-2H3. The van der Waals surface area contributed by atoms with E-state index in [1.807, 2.05) is 31.3 Å². The maximum atomic E-state index is 12.7. The van der Waals surface area contributed by atoms with Crippen LogP contribution in [0.25, 0.3) is 22.2 Å². The highest BCUT2D eigenvalue weighted by molar-refractivity contribution is 5.94. The zero-order valence-corrected chi connectivity index (χ0v) is 17.2. The van der Waals surface area contributed by atoms with Gasteiger partial charge in [0.25, 0.3) is 0 Å². The number of hydrogen-bond acceptors (Lipinski definition) is 3. The van der Waals surface area contributed by atoms with Crippen LogP contribution in [0.3, 0.4) is 0 Å². The molecule has 0 fully saturated rings. The van der Waals surface area contributed by atoms with E-state index in [4.69, 9.17) is 4.74 Å². The molecule has 4 heteroatoms. The van der Waals surface area contributed by atoms with Crippen molar-refractivity contribution in [3.8, 4) is 11.3 Å². The van der Waals surface area contributed by atoms with Crippen molar-refractivity contribution in [2.75, 3.05) is 14.2 Å². The molecule has 4 aromatic rings. The normalized spacial score (nSPS) is 16.0. The van der Waals surface area contributed by atoms with Crippen molar-refractivity contribution in [1.82, 2.24) is 9.47 Å². The highest BCUT2D eigenvalue weighted by Crippen LogP contribution is 2.43. The van der Waals surface area contributed by atoms with Crippen LogP contribution in [-0.2, 0) is 22.6 Å². The van der Waals surface area contributed by atoms with E-state index in [1.165, 1.54) is 34.8 Å². The predicted molar refractivity (Wildman–Crippen MR) is 119 cm³/mol. The summed E-state index contributed by atoms with van der Waals surface area (Å²) in [5.74, 6) is -0.228. The molecule has 2 heterocycles. The van der Waals surface area contributed by atoms with Gasteiger partial charge in [0.05, 0.1) is 12.8 Å². The van der Waals surface area contributed by atoms with Gasteiger partial charge in [-0.1, -0.05) is 72.8 Å². The van der Waals surface area contributed by atoms with E-state index in [1.54, 1.807) is 0 Å². The van der Waals surface area contributed by atoms with Crippen molar-refractivity contribution in [1.29, 1.82) is 0 Å². The number of para-hydroxylation sites is 1. The summed E-state index contributed by atoms with van der Waals surface area (Å²) in [6.07, 6.45) is 0. The Hall–Kier alpha value is -3.37. The van der Waals surface area contributed by atoms with Gasteiger partial charge < -0.3 is 9.30 Å². The van der Waals surface area contributed by atoms with Crippen LogP contribution in [0.4, 0.5) is 0 Å². The van der Waals surface area contributed by atoms with Crippen LogP contribution in [0, 0.1) is 0 Å². The number of benzene rings is 3. The van der Waals surface area contributed by atoms with Gasteiger partial charge in [0, 0.05) is 29.6 Å². The minimum atomic E-state index is -0.428. The molecular formula is C26H24N2O2. The maximum absolute atomic E-state index is 12.7. The smallest absolute Gasteiger partial charge is 0.327 e. The lowest BCUT2D eigenvalue weighted by molar-refractivity contribution is -0.146. The number of fused-ring (bicyclic) bond motifs is 5. The second kappa shape index (κ2) is 7.47. The second-order valence-corrected chi connectivity index (χ2v) is 7.84. The number of methoxy groups -OCH3 is 1. The average Bonchev–Trinajstić information content (AvgIpc) is 3.00. The summed E-state index contributed by atoms with van der Waals surface area (Å²) >= 11 is 0. The highest BCUT2D eigenvalue weighted by Gasteiger charge is 2.34. The number of carbonyl (C=O) groups excluding carboxylic acids is 1. The van der Waals surface area contributed by atoms with Gasteiger partial charge in [-0.25, -0.2) is 4.79 Å². The van der Waals surface area contributed by atoms with Gasteiger partial charge in [0.15, 0.2) is 0 Å². The van der Waals surface area contributed by atoms with Gasteiger partial charge in [0.2, 0.25) is 0 Å². The molecule has 0 amide bonds. The molecule has 4 nitrogen and oxygen atoms in total. The third kappa shape index (κ3) is 2.92. The van der Waals surface area contributed by atoms with Crippen molar-refractivity contribution < 1.29 is 9.53 Å². The summed E-state index contributed by atoms with van der Waals surface area (Å²) in [6.45, 7) is 1.45. The Labute approximate surface area is 176 Å². The van der Waals surface area contributed by atoms with E-state index in [0.29, 0.717) is 6.54 Å². The van der Waals surface area contributed by atoms with Gasteiger partial charge >= 0.3 is 5.97 Å². The third-order valence-electron chi connectivity index (χ3n) is 6.04. The van der Waals surface area contributed by atoms with Crippen LogP contribution >= 0.6 is 0 Å². The molecule has 1 aliphatic rings. The topological polar surface area (TPSA) is 34.5 Å². The minimum Gasteiger partial charge on any atom is -0.468 e. The van der Waals surface area contributed by atoms with Gasteiger partial charge in [0.1, 0.15) is 6.04 Å². The number of hydrogen-bond donors (Lipinski definition) is 0. The zero-order valence-electron chi connectivity index (χ0n) is 17.2. The summed E-state index contributed by atoms with van der Waals surface area (Å²) in [5, 5.41) is 1.23. The van der Waals surface area contributed by atoms with Gasteiger partial charge in [-0.15, -0.1) is 0 Å². The van der Waals surface area contributed by atoms with E-state index in [2.05, 4.69) is 64.1 Å². The van der Waals surface area contributed by atoms with E-state index in [-0.39, 0.29) is 5.97 Å². The molecular weight excluding hydrogens is 372 g/mol. The van der Waals surface area contributed by atoms with E-state index < -0.39 is 6.04 Å². The molecule has 5 rings (SSSR count). The number of esters is 1. The molecule has 0 N–H and O–H groups in total. The Morgan fingerprint density at radius 3 is 2.47 bits per heavy atom. The summed E-state index contributed by atoms with van der Waals surface area (Å²) in [5.41, 5.74) is 6.99. The maximum Gasteiger partial charge on any atom is 0.327 e. The SMILES string of the molecule is COC(=O)C1c2ccccc2-c2c(c3ccccc3n2Cc2ccccc2)CN1C. The van der Waals surface area contributed by atoms with E-state index >= 15 is 0 Å².